The van der Waals surface area contributed by atoms with Crippen molar-refractivity contribution in [1.29, 1.82) is 0 Å². The molecule has 0 unspecified atom stereocenters. The van der Waals surface area contributed by atoms with Crippen molar-refractivity contribution in [2.24, 2.45) is 0 Å². The Labute approximate surface area is 219 Å². The van der Waals surface area contributed by atoms with Gasteiger partial charge in [-0.25, -0.2) is 9.97 Å². The Kier molecular flexibility index (Phi) is 5.69. The third kappa shape index (κ3) is 4.24. The van der Waals surface area contributed by atoms with Crippen LogP contribution in [0.1, 0.15) is 24.8 Å². The average molecular weight is 502 g/mol. The van der Waals surface area contributed by atoms with Gasteiger partial charge in [0, 0.05) is 36.4 Å². The molecule has 38 heavy (non-hydrogen) atoms. The molecule has 7 rings (SSSR count). The van der Waals surface area contributed by atoms with Crippen LogP contribution in [-0.2, 0) is 6.61 Å². The lowest BCUT2D eigenvalue weighted by Gasteiger charge is -2.28. The second-order valence-corrected chi connectivity index (χ2v) is 9.67. The molecule has 0 saturated carbocycles. The summed E-state index contributed by atoms with van der Waals surface area (Å²) in [6.45, 7) is 2.58. The van der Waals surface area contributed by atoms with Gasteiger partial charge in [0.15, 0.2) is 0 Å². The molecule has 0 radical (unpaired) electrons. The predicted octanol–water partition coefficient (Wildman–Crippen LogP) is 6.13. The number of fused-ring (bicyclic) bond motifs is 2. The highest BCUT2D eigenvalue weighted by atomic mass is 16.5. The fourth-order valence-corrected chi connectivity index (χ4v) is 5.15. The molecule has 1 aromatic carbocycles. The van der Waals surface area contributed by atoms with Crippen molar-refractivity contribution in [3.05, 3.63) is 84.8 Å². The molecule has 6 aromatic rings. The summed E-state index contributed by atoms with van der Waals surface area (Å²) in [6, 6.07) is 20.2. The zero-order valence-corrected chi connectivity index (χ0v) is 20.9. The molecule has 0 spiro atoms. The van der Waals surface area contributed by atoms with E-state index in [-0.39, 0.29) is 0 Å². The van der Waals surface area contributed by atoms with Crippen LogP contribution in [0.2, 0.25) is 0 Å². The van der Waals surface area contributed by atoms with Crippen LogP contribution in [0.3, 0.4) is 0 Å². The van der Waals surface area contributed by atoms with Crippen LogP contribution in [0, 0.1) is 0 Å². The molecule has 8 heteroatoms. The summed E-state index contributed by atoms with van der Waals surface area (Å²) in [6.07, 6.45) is 9.12. The number of piperidine rings is 1. The van der Waals surface area contributed by atoms with Gasteiger partial charge in [-0.1, -0.05) is 30.3 Å². The first kappa shape index (κ1) is 22.5. The van der Waals surface area contributed by atoms with Gasteiger partial charge in [0.25, 0.3) is 0 Å². The Morgan fingerprint density at radius 2 is 1.79 bits per heavy atom. The molecule has 6 heterocycles. The quantitative estimate of drug-likeness (QED) is 0.285. The molecule has 5 aromatic heterocycles. The number of ether oxygens (including phenoxy) is 1. The SMILES string of the molecule is c1ccc(COc2cncc(-c3ccc4[nH]nc(-c5cc6c(N7CCCCC7)nccc6[nH]5)c4n3)c2)cc1. The molecule has 1 fully saturated rings. The van der Waals surface area contributed by atoms with Crippen LogP contribution < -0.4 is 9.64 Å². The second kappa shape index (κ2) is 9.63. The van der Waals surface area contributed by atoms with Crippen molar-refractivity contribution in [3.63, 3.8) is 0 Å². The van der Waals surface area contributed by atoms with E-state index < -0.39 is 0 Å². The van der Waals surface area contributed by atoms with Gasteiger partial charge in [-0.15, -0.1) is 0 Å². The van der Waals surface area contributed by atoms with E-state index in [0.29, 0.717) is 12.4 Å². The molecule has 0 atom stereocenters. The summed E-state index contributed by atoms with van der Waals surface area (Å²) in [5.74, 6) is 1.74. The zero-order valence-electron chi connectivity index (χ0n) is 20.9. The molecule has 2 N–H and O–H groups in total. The number of aromatic nitrogens is 6. The van der Waals surface area contributed by atoms with E-state index in [0.717, 1.165) is 69.1 Å². The summed E-state index contributed by atoms with van der Waals surface area (Å²) in [4.78, 5) is 20.1. The van der Waals surface area contributed by atoms with Gasteiger partial charge < -0.3 is 14.6 Å². The van der Waals surface area contributed by atoms with Crippen molar-refractivity contribution in [1.82, 2.24) is 30.1 Å². The monoisotopic (exact) mass is 501 g/mol. The zero-order chi connectivity index (χ0) is 25.3. The van der Waals surface area contributed by atoms with Gasteiger partial charge in [-0.3, -0.25) is 10.1 Å². The average Bonchev–Trinajstić information content (AvgIpc) is 3.61. The molecule has 188 valence electrons. The molecule has 1 aliphatic heterocycles. The Morgan fingerprint density at radius 3 is 2.68 bits per heavy atom. The van der Waals surface area contributed by atoms with Crippen LogP contribution in [0.5, 0.6) is 5.75 Å². The number of hydrogen-bond acceptors (Lipinski definition) is 6. The van der Waals surface area contributed by atoms with Gasteiger partial charge in [-0.05, 0) is 55.2 Å². The van der Waals surface area contributed by atoms with Gasteiger partial charge in [0.2, 0.25) is 0 Å². The number of hydrogen-bond donors (Lipinski definition) is 2. The van der Waals surface area contributed by atoms with Gasteiger partial charge in [-0.2, -0.15) is 5.10 Å². The van der Waals surface area contributed by atoms with E-state index in [1.807, 2.05) is 67.0 Å². The molecular formula is C30H27N7O. The van der Waals surface area contributed by atoms with Crippen LogP contribution >= 0.6 is 0 Å². The van der Waals surface area contributed by atoms with Crippen molar-refractivity contribution in [2.45, 2.75) is 25.9 Å². The largest absolute Gasteiger partial charge is 0.487 e. The first-order chi connectivity index (χ1) is 18.8. The topological polar surface area (TPSA) is 95.6 Å². The molecule has 0 bridgehead atoms. The molecule has 0 amide bonds. The summed E-state index contributed by atoms with van der Waals surface area (Å²) < 4.78 is 5.99. The minimum atomic E-state index is 0.485. The smallest absolute Gasteiger partial charge is 0.138 e. The normalized spacial score (nSPS) is 13.8. The Balaban J connectivity index is 1.22. The number of H-pyrrole nitrogens is 2. The first-order valence-corrected chi connectivity index (χ1v) is 13.0. The van der Waals surface area contributed by atoms with Gasteiger partial charge in [0.05, 0.1) is 28.6 Å². The number of pyridine rings is 3. The van der Waals surface area contributed by atoms with Crippen LogP contribution in [-0.4, -0.2) is 43.2 Å². The maximum Gasteiger partial charge on any atom is 0.138 e. The molecule has 8 nitrogen and oxygen atoms in total. The third-order valence-corrected chi connectivity index (χ3v) is 7.10. The van der Waals surface area contributed by atoms with E-state index in [4.69, 9.17) is 14.7 Å². The van der Waals surface area contributed by atoms with Crippen LogP contribution in [0.4, 0.5) is 5.82 Å². The van der Waals surface area contributed by atoms with Crippen molar-refractivity contribution >= 4 is 27.8 Å². The molecule has 1 saturated heterocycles. The van der Waals surface area contributed by atoms with Crippen LogP contribution in [0.25, 0.3) is 44.6 Å². The fourth-order valence-electron chi connectivity index (χ4n) is 5.15. The number of rotatable bonds is 6. The first-order valence-electron chi connectivity index (χ1n) is 13.0. The number of benzene rings is 1. The fraction of sp³-hybridized carbons (Fsp3) is 0.200. The molecule has 1 aliphatic rings. The van der Waals surface area contributed by atoms with Crippen molar-refractivity contribution in [2.75, 3.05) is 18.0 Å². The van der Waals surface area contributed by atoms with E-state index in [1.165, 1.54) is 19.3 Å². The highest BCUT2D eigenvalue weighted by Crippen LogP contribution is 2.33. The maximum absolute atomic E-state index is 5.99. The highest BCUT2D eigenvalue weighted by Gasteiger charge is 2.19. The minimum absolute atomic E-state index is 0.485. The summed E-state index contributed by atoms with van der Waals surface area (Å²) in [5, 5.41) is 8.88. The molecule has 0 aliphatic carbocycles. The maximum atomic E-state index is 5.99. The summed E-state index contributed by atoms with van der Waals surface area (Å²) in [7, 11) is 0. The second-order valence-electron chi connectivity index (χ2n) is 9.67. The molecular weight excluding hydrogens is 474 g/mol. The lowest BCUT2D eigenvalue weighted by atomic mass is 10.1. The lowest BCUT2D eigenvalue weighted by molar-refractivity contribution is 0.305. The van der Waals surface area contributed by atoms with E-state index in [9.17, 15) is 0 Å². The Bertz CT molecular complexity index is 1720. The third-order valence-electron chi connectivity index (χ3n) is 7.10. The van der Waals surface area contributed by atoms with E-state index in [1.54, 1.807) is 6.20 Å². The van der Waals surface area contributed by atoms with E-state index >= 15 is 0 Å². The van der Waals surface area contributed by atoms with Crippen molar-refractivity contribution in [3.8, 4) is 28.4 Å². The number of aromatic amines is 2. The highest BCUT2D eigenvalue weighted by molar-refractivity contribution is 5.98. The minimum Gasteiger partial charge on any atom is -0.487 e. The van der Waals surface area contributed by atoms with Crippen molar-refractivity contribution < 1.29 is 4.74 Å². The van der Waals surface area contributed by atoms with E-state index in [2.05, 4.69) is 31.1 Å². The number of nitrogens with zero attached hydrogens (tertiary/aromatic N) is 5. The Morgan fingerprint density at radius 1 is 0.895 bits per heavy atom. The van der Waals surface area contributed by atoms with Gasteiger partial charge >= 0.3 is 0 Å². The van der Waals surface area contributed by atoms with Crippen LogP contribution in [0.15, 0.2) is 79.3 Å². The summed E-state index contributed by atoms with van der Waals surface area (Å²) >= 11 is 0. The lowest BCUT2D eigenvalue weighted by Crippen LogP contribution is -2.30. The standard InChI is InChI=1S/C30H27N7O/c1-3-7-20(8-4-1)19-38-22-15-21(17-31-18-22)24-9-10-26-28(34-24)29(36-35-26)27-16-23-25(33-27)11-12-32-30(23)37-13-5-2-6-14-37/h1,3-4,7-12,15-18,33H,2,5-6,13-14,19H2,(H,35,36). The Hall–Kier alpha value is -4.72. The number of nitrogens with one attached hydrogen (secondary N) is 2. The summed E-state index contributed by atoms with van der Waals surface area (Å²) in [5.41, 5.74) is 7.24. The number of anilines is 1. The van der Waals surface area contributed by atoms with Gasteiger partial charge in [0.1, 0.15) is 29.4 Å². The predicted molar refractivity (Wildman–Crippen MR) is 149 cm³/mol.